The molecule has 2 aromatic carbocycles. The minimum absolute atomic E-state index is 0.0895. The first-order valence-corrected chi connectivity index (χ1v) is 13.4. The average Bonchev–Trinajstić information content (AvgIpc) is 3.49. The Balaban J connectivity index is 1.47. The standard InChI is InChI=1S/C23H23N3O8S2/c1-31-21(27)6-7-26-17-12-18-19(34-14-33-18)13-20(17)35-23(26)24-22(28)15-2-4-16(5-3-15)36(29,30)25-8-10-32-11-9-25/h2-5,12-13H,6-11,14H2,1H3. The summed E-state index contributed by atoms with van der Waals surface area (Å²) < 4.78 is 50.5. The van der Waals surface area contributed by atoms with E-state index in [-0.39, 0.29) is 43.3 Å². The molecule has 0 saturated carbocycles. The largest absolute Gasteiger partial charge is 0.469 e. The molecule has 36 heavy (non-hydrogen) atoms. The molecule has 0 atom stereocenters. The van der Waals surface area contributed by atoms with Gasteiger partial charge in [0.2, 0.25) is 16.8 Å². The number of morpholine rings is 1. The van der Waals surface area contributed by atoms with Gasteiger partial charge in [-0.05, 0) is 24.3 Å². The van der Waals surface area contributed by atoms with E-state index in [2.05, 4.69) is 4.99 Å². The van der Waals surface area contributed by atoms with E-state index in [1.165, 1.54) is 47.0 Å². The predicted octanol–water partition coefficient (Wildman–Crippen LogP) is 1.76. The molecule has 1 fully saturated rings. The summed E-state index contributed by atoms with van der Waals surface area (Å²) in [7, 11) is -2.35. The molecular weight excluding hydrogens is 510 g/mol. The zero-order chi connectivity index (χ0) is 25.3. The zero-order valence-corrected chi connectivity index (χ0v) is 21.0. The van der Waals surface area contributed by atoms with E-state index < -0.39 is 21.9 Å². The number of sulfonamides is 1. The van der Waals surface area contributed by atoms with Crippen LogP contribution in [0, 0.1) is 0 Å². The monoisotopic (exact) mass is 533 g/mol. The van der Waals surface area contributed by atoms with Crippen molar-refractivity contribution in [3.8, 4) is 11.5 Å². The second kappa shape index (κ2) is 10.0. The number of aromatic nitrogens is 1. The Morgan fingerprint density at radius 3 is 2.47 bits per heavy atom. The number of rotatable bonds is 6. The summed E-state index contributed by atoms with van der Waals surface area (Å²) >= 11 is 1.27. The predicted molar refractivity (Wildman–Crippen MR) is 128 cm³/mol. The number of carbonyl (C=O) groups is 2. The molecule has 1 amide bonds. The number of esters is 1. The maximum Gasteiger partial charge on any atom is 0.307 e. The van der Waals surface area contributed by atoms with Gasteiger partial charge in [0.05, 0.1) is 41.9 Å². The van der Waals surface area contributed by atoms with Gasteiger partial charge in [-0.15, -0.1) is 0 Å². The van der Waals surface area contributed by atoms with Crippen LogP contribution in [-0.4, -0.2) is 69.4 Å². The lowest BCUT2D eigenvalue weighted by molar-refractivity contribution is -0.140. The number of hydrogen-bond donors (Lipinski definition) is 0. The maximum absolute atomic E-state index is 13.0. The van der Waals surface area contributed by atoms with Crippen LogP contribution < -0.4 is 14.3 Å². The summed E-state index contributed by atoms with van der Waals surface area (Å²) in [6.07, 6.45) is 0.0895. The van der Waals surface area contributed by atoms with Crippen LogP contribution in [0.5, 0.6) is 11.5 Å². The van der Waals surface area contributed by atoms with Crippen LogP contribution in [0.3, 0.4) is 0 Å². The van der Waals surface area contributed by atoms with Crippen molar-refractivity contribution in [2.24, 2.45) is 4.99 Å². The minimum atomic E-state index is -3.67. The van der Waals surface area contributed by atoms with E-state index in [1.807, 2.05) is 6.07 Å². The Morgan fingerprint density at radius 1 is 1.08 bits per heavy atom. The highest BCUT2D eigenvalue weighted by Gasteiger charge is 2.26. The highest BCUT2D eigenvalue weighted by Crippen LogP contribution is 2.37. The van der Waals surface area contributed by atoms with Crippen LogP contribution in [0.25, 0.3) is 10.2 Å². The number of thiazole rings is 1. The van der Waals surface area contributed by atoms with E-state index in [0.29, 0.717) is 29.5 Å². The average molecular weight is 534 g/mol. The second-order valence-electron chi connectivity index (χ2n) is 7.99. The van der Waals surface area contributed by atoms with Crippen molar-refractivity contribution in [1.82, 2.24) is 8.87 Å². The number of hydrogen-bond acceptors (Lipinski definition) is 9. The SMILES string of the molecule is COC(=O)CCn1c(=NC(=O)c2ccc(S(=O)(=O)N3CCOCC3)cc2)sc2cc3c(cc21)OCO3. The molecule has 0 spiro atoms. The first-order valence-electron chi connectivity index (χ1n) is 11.1. The Hall–Kier alpha value is -3.26. The van der Waals surface area contributed by atoms with Crippen molar-refractivity contribution in [2.75, 3.05) is 40.2 Å². The highest BCUT2D eigenvalue weighted by molar-refractivity contribution is 7.89. The summed E-state index contributed by atoms with van der Waals surface area (Å²) in [6, 6.07) is 9.31. The maximum atomic E-state index is 13.0. The van der Waals surface area contributed by atoms with Crippen LogP contribution >= 0.6 is 11.3 Å². The summed E-state index contributed by atoms with van der Waals surface area (Å²) in [6.45, 7) is 1.64. The topological polar surface area (TPSA) is 126 Å². The number of fused-ring (bicyclic) bond motifs is 2. The van der Waals surface area contributed by atoms with Gasteiger partial charge in [-0.3, -0.25) is 9.59 Å². The third kappa shape index (κ3) is 4.74. The lowest BCUT2D eigenvalue weighted by Gasteiger charge is -2.26. The van der Waals surface area contributed by atoms with Gasteiger partial charge in [0.25, 0.3) is 5.91 Å². The van der Waals surface area contributed by atoms with Crippen LogP contribution in [0.15, 0.2) is 46.3 Å². The van der Waals surface area contributed by atoms with Crippen molar-refractivity contribution < 1.29 is 37.0 Å². The molecule has 1 aromatic heterocycles. The molecule has 1 saturated heterocycles. The van der Waals surface area contributed by atoms with E-state index >= 15 is 0 Å². The van der Waals surface area contributed by atoms with Crippen molar-refractivity contribution in [3.63, 3.8) is 0 Å². The van der Waals surface area contributed by atoms with E-state index in [9.17, 15) is 18.0 Å². The third-order valence-electron chi connectivity index (χ3n) is 5.85. The first-order chi connectivity index (χ1) is 17.4. The van der Waals surface area contributed by atoms with Crippen molar-refractivity contribution in [1.29, 1.82) is 0 Å². The Bertz CT molecular complexity index is 1490. The van der Waals surface area contributed by atoms with Gasteiger partial charge in [-0.25, -0.2) is 8.42 Å². The molecule has 11 nitrogen and oxygen atoms in total. The fraction of sp³-hybridized carbons (Fsp3) is 0.348. The third-order valence-corrected chi connectivity index (χ3v) is 8.80. The van der Waals surface area contributed by atoms with Gasteiger partial charge in [-0.2, -0.15) is 9.30 Å². The lowest BCUT2D eigenvalue weighted by Crippen LogP contribution is -2.40. The van der Waals surface area contributed by atoms with Gasteiger partial charge in [-0.1, -0.05) is 11.3 Å². The number of benzene rings is 2. The Kier molecular flexibility index (Phi) is 6.79. The number of ether oxygens (including phenoxy) is 4. The van der Waals surface area contributed by atoms with Gasteiger partial charge in [0.15, 0.2) is 16.3 Å². The van der Waals surface area contributed by atoms with Crippen LogP contribution in [-0.2, 0) is 30.8 Å². The zero-order valence-electron chi connectivity index (χ0n) is 19.3. The van der Waals surface area contributed by atoms with Gasteiger partial charge in [0.1, 0.15) is 0 Å². The van der Waals surface area contributed by atoms with E-state index in [4.69, 9.17) is 18.9 Å². The highest BCUT2D eigenvalue weighted by atomic mass is 32.2. The number of nitrogens with zero attached hydrogens (tertiary/aromatic N) is 3. The van der Waals surface area contributed by atoms with Crippen LogP contribution in [0.4, 0.5) is 0 Å². The van der Waals surface area contributed by atoms with E-state index in [0.717, 1.165) is 10.2 Å². The molecule has 0 unspecified atom stereocenters. The molecule has 190 valence electrons. The molecule has 0 aliphatic carbocycles. The van der Waals surface area contributed by atoms with E-state index in [1.54, 1.807) is 10.6 Å². The summed E-state index contributed by atoms with van der Waals surface area (Å²) in [5.41, 5.74) is 0.980. The molecule has 2 aliphatic rings. The summed E-state index contributed by atoms with van der Waals surface area (Å²) in [5.74, 6) is 0.238. The number of carbonyl (C=O) groups excluding carboxylic acids is 2. The molecule has 0 N–H and O–H groups in total. The lowest BCUT2D eigenvalue weighted by atomic mass is 10.2. The van der Waals surface area contributed by atoms with Crippen molar-refractivity contribution in [3.05, 3.63) is 46.8 Å². The molecule has 2 aliphatic heterocycles. The second-order valence-corrected chi connectivity index (χ2v) is 10.9. The number of aryl methyl sites for hydroxylation is 1. The number of amides is 1. The Morgan fingerprint density at radius 2 is 1.78 bits per heavy atom. The van der Waals surface area contributed by atoms with Crippen LogP contribution in [0.2, 0.25) is 0 Å². The first kappa shape index (κ1) is 24.4. The van der Waals surface area contributed by atoms with Gasteiger partial charge >= 0.3 is 5.97 Å². The molecule has 0 radical (unpaired) electrons. The summed E-state index contributed by atoms with van der Waals surface area (Å²) in [4.78, 5) is 29.6. The van der Waals surface area contributed by atoms with Gasteiger partial charge in [0, 0.05) is 37.3 Å². The minimum Gasteiger partial charge on any atom is -0.469 e. The van der Waals surface area contributed by atoms with Gasteiger partial charge < -0.3 is 23.5 Å². The quantitative estimate of drug-likeness (QED) is 0.439. The Labute approximate surface area is 210 Å². The van der Waals surface area contributed by atoms with Crippen molar-refractivity contribution >= 4 is 43.5 Å². The fourth-order valence-corrected chi connectivity index (χ4v) is 6.40. The molecule has 0 bridgehead atoms. The smallest absolute Gasteiger partial charge is 0.307 e. The summed E-state index contributed by atoms with van der Waals surface area (Å²) in [5, 5.41) is 0. The number of methoxy groups -OCH3 is 1. The molecule has 3 aromatic rings. The molecule has 13 heteroatoms. The molecular formula is C23H23N3O8S2. The van der Waals surface area contributed by atoms with Crippen molar-refractivity contribution in [2.45, 2.75) is 17.9 Å². The normalized spacial score (nSPS) is 16.4. The fourth-order valence-electron chi connectivity index (χ4n) is 3.92. The van der Waals surface area contributed by atoms with Crippen LogP contribution in [0.1, 0.15) is 16.8 Å². The molecule has 3 heterocycles. The molecule has 5 rings (SSSR count).